The average molecular weight is 454 g/mol. The van der Waals surface area contributed by atoms with Crippen molar-refractivity contribution in [1.29, 1.82) is 0 Å². The molecule has 0 saturated carbocycles. The van der Waals surface area contributed by atoms with Gasteiger partial charge >= 0.3 is 0 Å². The Bertz CT molecular complexity index is 1150. The van der Waals surface area contributed by atoms with Crippen LogP contribution in [0.15, 0.2) is 66.7 Å². The number of carbonyl (C=O) groups is 3. The van der Waals surface area contributed by atoms with Crippen LogP contribution in [0.3, 0.4) is 0 Å². The fourth-order valence-electron chi connectivity index (χ4n) is 2.79. The van der Waals surface area contributed by atoms with Crippen LogP contribution in [0.2, 0.25) is 5.02 Å². The van der Waals surface area contributed by atoms with E-state index in [1.165, 1.54) is 26.4 Å². The molecule has 0 fully saturated rings. The summed E-state index contributed by atoms with van der Waals surface area (Å²) in [6.45, 7) is 0. The summed E-state index contributed by atoms with van der Waals surface area (Å²) >= 11 is 5.98. The van der Waals surface area contributed by atoms with Crippen molar-refractivity contribution in [2.24, 2.45) is 0 Å². The van der Waals surface area contributed by atoms with Gasteiger partial charge in [0.15, 0.2) is 0 Å². The predicted octanol–water partition coefficient (Wildman–Crippen LogP) is 3.68. The summed E-state index contributed by atoms with van der Waals surface area (Å²) in [7, 11) is 2.97. The number of rotatable bonds is 6. The van der Waals surface area contributed by atoms with Gasteiger partial charge in [-0.2, -0.15) is 0 Å². The van der Waals surface area contributed by atoms with Crippen LogP contribution in [0.1, 0.15) is 31.1 Å². The molecular formula is C23H20ClN3O5. The lowest BCUT2D eigenvalue weighted by atomic mass is 10.1. The Hall–Kier alpha value is -4.04. The normalized spacial score (nSPS) is 10.1. The van der Waals surface area contributed by atoms with Gasteiger partial charge in [-0.25, -0.2) is 0 Å². The highest BCUT2D eigenvalue weighted by Crippen LogP contribution is 2.24. The van der Waals surface area contributed by atoms with E-state index in [-0.39, 0.29) is 11.1 Å². The Balaban J connectivity index is 1.65. The van der Waals surface area contributed by atoms with Crippen LogP contribution in [0, 0.1) is 0 Å². The maximum Gasteiger partial charge on any atom is 0.269 e. The van der Waals surface area contributed by atoms with Crippen LogP contribution in [-0.4, -0.2) is 31.9 Å². The molecule has 0 atom stereocenters. The highest BCUT2D eigenvalue weighted by molar-refractivity contribution is 6.31. The summed E-state index contributed by atoms with van der Waals surface area (Å²) in [5.41, 5.74) is 5.90. The van der Waals surface area contributed by atoms with Gasteiger partial charge in [-0.1, -0.05) is 17.7 Å². The number of halogens is 1. The molecule has 3 aromatic carbocycles. The number of nitrogens with one attached hydrogen (secondary N) is 3. The van der Waals surface area contributed by atoms with Crippen molar-refractivity contribution < 1.29 is 23.9 Å². The zero-order valence-corrected chi connectivity index (χ0v) is 18.0. The molecule has 0 aliphatic rings. The fraction of sp³-hybridized carbons (Fsp3) is 0.0870. The van der Waals surface area contributed by atoms with Gasteiger partial charge in [0.2, 0.25) is 0 Å². The van der Waals surface area contributed by atoms with Crippen LogP contribution >= 0.6 is 11.6 Å². The quantitative estimate of drug-likeness (QED) is 0.494. The van der Waals surface area contributed by atoms with Crippen molar-refractivity contribution in [2.75, 3.05) is 19.5 Å². The van der Waals surface area contributed by atoms with Crippen molar-refractivity contribution >= 4 is 35.0 Å². The molecule has 3 rings (SSSR count). The number of ether oxygens (including phenoxy) is 2. The second kappa shape index (κ2) is 10.3. The number of anilines is 1. The van der Waals surface area contributed by atoms with Crippen molar-refractivity contribution in [3.63, 3.8) is 0 Å². The van der Waals surface area contributed by atoms with Crippen LogP contribution in [0.25, 0.3) is 0 Å². The lowest BCUT2D eigenvalue weighted by Crippen LogP contribution is -2.41. The van der Waals surface area contributed by atoms with E-state index in [0.717, 1.165) is 0 Å². The maximum absolute atomic E-state index is 12.6. The first-order valence-corrected chi connectivity index (χ1v) is 9.78. The number of methoxy groups -OCH3 is 2. The number of amides is 3. The molecule has 8 nitrogen and oxygen atoms in total. The Labute approximate surface area is 189 Å². The molecule has 9 heteroatoms. The second-order valence-electron chi connectivity index (χ2n) is 6.52. The number of hydrazine groups is 1. The molecule has 164 valence electrons. The molecular weight excluding hydrogens is 434 g/mol. The van der Waals surface area contributed by atoms with Gasteiger partial charge in [0.25, 0.3) is 17.7 Å². The maximum atomic E-state index is 12.6. The summed E-state index contributed by atoms with van der Waals surface area (Å²) in [6, 6.07) is 17.4. The highest BCUT2D eigenvalue weighted by Gasteiger charge is 2.15. The summed E-state index contributed by atoms with van der Waals surface area (Å²) in [4.78, 5) is 37.3. The SMILES string of the molecule is COc1ccc(C(=O)NNC(=O)c2cccc(NC(=O)c3cc(Cl)ccc3OC)c2)cc1. The minimum atomic E-state index is -0.553. The molecule has 3 amide bonds. The van der Waals surface area contributed by atoms with Gasteiger partial charge in [-0.3, -0.25) is 25.2 Å². The zero-order chi connectivity index (χ0) is 23.1. The summed E-state index contributed by atoms with van der Waals surface area (Å²) in [5.74, 6) is -0.515. The first-order chi connectivity index (χ1) is 15.4. The molecule has 0 spiro atoms. The number of hydrogen-bond acceptors (Lipinski definition) is 5. The Kier molecular flexibility index (Phi) is 7.30. The van der Waals surface area contributed by atoms with Crippen molar-refractivity contribution in [3.8, 4) is 11.5 Å². The Morgan fingerprint density at radius 2 is 1.44 bits per heavy atom. The third-order valence-corrected chi connectivity index (χ3v) is 4.67. The molecule has 0 bridgehead atoms. The van der Waals surface area contributed by atoms with E-state index in [1.807, 2.05) is 0 Å². The summed E-state index contributed by atoms with van der Waals surface area (Å²) in [6.07, 6.45) is 0. The minimum absolute atomic E-state index is 0.232. The van der Waals surface area contributed by atoms with Gasteiger partial charge in [-0.05, 0) is 60.7 Å². The predicted molar refractivity (Wildman–Crippen MR) is 120 cm³/mol. The van der Waals surface area contributed by atoms with Crippen LogP contribution in [0.4, 0.5) is 5.69 Å². The molecule has 32 heavy (non-hydrogen) atoms. The fourth-order valence-corrected chi connectivity index (χ4v) is 2.97. The first-order valence-electron chi connectivity index (χ1n) is 9.41. The van der Waals surface area contributed by atoms with E-state index in [9.17, 15) is 14.4 Å². The van der Waals surface area contributed by atoms with Crippen LogP contribution < -0.4 is 25.6 Å². The lowest BCUT2D eigenvalue weighted by Gasteiger charge is -2.11. The summed E-state index contributed by atoms with van der Waals surface area (Å²) in [5, 5.41) is 3.09. The number of carbonyl (C=O) groups excluding carboxylic acids is 3. The molecule has 3 aromatic rings. The lowest BCUT2D eigenvalue weighted by molar-refractivity contribution is 0.0846. The van der Waals surface area contributed by atoms with E-state index in [2.05, 4.69) is 16.2 Å². The topological polar surface area (TPSA) is 106 Å². The largest absolute Gasteiger partial charge is 0.497 e. The summed E-state index contributed by atoms with van der Waals surface area (Å²) < 4.78 is 10.2. The third-order valence-electron chi connectivity index (χ3n) is 4.43. The average Bonchev–Trinajstić information content (AvgIpc) is 2.82. The standard InChI is InChI=1S/C23H20ClN3O5/c1-31-18-9-6-14(7-10-18)21(28)26-27-22(29)15-4-3-5-17(12-15)25-23(30)19-13-16(24)8-11-20(19)32-2/h3-13H,1-2H3,(H,25,30)(H,26,28)(H,27,29). The van der Waals surface area contributed by atoms with E-state index < -0.39 is 17.7 Å². The molecule has 0 saturated heterocycles. The highest BCUT2D eigenvalue weighted by atomic mass is 35.5. The minimum Gasteiger partial charge on any atom is -0.497 e. The van der Waals surface area contributed by atoms with Gasteiger partial charge in [0.05, 0.1) is 19.8 Å². The molecule has 3 N–H and O–H groups in total. The van der Waals surface area contributed by atoms with E-state index >= 15 is 0 Å². The molecule has 0 aliphatic heterocycles. The Morgan fingerprint density at radius 3 is 2.09 bits per heavy atom. The number of benzene rings is 3. The second-order valence-corrected chi connectivity index (χ2v) is 6.95. The molecule has 0 aromatic heterocycles. The van der Waals surface area contributed by atoms with Crippen molar-refractivity contribution in [3.05, 3.63) is 88.4 Å². The molecule has 0 unspecified atom stereocenters. The molecule has 0 heterocycles. The van der Waals surface area contributed by atoms with Crippen LogP contribution in [0.5, 0.6) is 11.5 Å². The van der Waals surface area contributed by atoms with E-state index in [0.29, 0.717) is 27.8 Å². The van der Waals surface area contributed by atoms with Crippen LogP contribution in [-0.2, 0) is 0 Å². The molecule has 0 aliphatic carbocycles. The van der Waals surface area contributed by atoms with Gasteiger partial charge in [-0.15, -0.1) is 0 Å². The monoisotopic (exact) mass is 453 g/mol. The van der Waals surface area contributed by atoms with Crippen molar-refractivity contribution in [1.82, 2.24) is 10.9 Å². The zero-order valence-electron chi connectivity index (χ0n) is 17.3. The van der Waals surface area contributed by atoms with Gasteiger partial charge < -0.3 is 14.8 Å². The van der Waals surface area contributed by atoms with E-state index in [1.54, 1.807) is 54.6 Å². The third kappa shape index (κ3) is 5.55. The first kappa shape index (κ1) is 22.6. The smallest absolute Gasteiger partial charge is 0.269 e. The number of hydrogen-bond donors (Lipinski definition) is 3. The Morgan fingerprint density at radius 1 is 0.750 bits per heavy atom. The van der Waals surface area contributed by atoms with Crippen molar-refractivity contribution in [2.45, 2.75) is 0 Å². The van der Waals surface area contributed by atoms with Gasteiger partial charge in [0, 0.05) is 21.8 Å². The molecule has 0 radical (unpaired) electrons. The van der Waals surface area contributed by atoms with Gasteiger partial charge in [0.1, 0.15) is 11.5 Å². The van der Waals surface area contributed by atoms with E-state index in [4.69, 9.17) is 21.1 Å².